The predicted molar refractivity (Wildman–Crippen MR) is 109 cm³/mol. The fourth-order valence-electron chi connectivity index (χ4n) is 3.86. The van der Waals surface area contributed by atoms with E-state index in [0.29, 0.717) is 37.8 Å². The predicted octanol–water partition coefficient (Wildman–Crippen LogP) is 2.42. The number of aromatic nitrogens is 3. The van der Waals surface area contributed by atoms with Crippen LogP contribution < -0.4 is 0 Å². The average Bonchev–Trinajstić information content (AvgIpc) is 3.17. The van der Waals surface area contributed by atoms with Gasteiger partial charge < -0.3 is 9.80 Å². The summed E-state index contributed by atoms with van der Waals surface area (Å²) in [6, 6.07) is 13.7. The van der Waals surface area contributed by atoms with Gasteiger partial charge in [0.1, 0.15) is 0 Å². The van der Waals surface area contributed by atoms with E-state index in [-0.39, 0.29) is 17.7 Å². The van der Waals surface area contributed by atoms with Crippen LogP contribution in [0.2, 0.25) is 0 Å². The Morgan fingerprint density at radius 3 is 2.45 bits per heavy atom. The van der Waals surface area contributed by atoms with Crippen LogP contribution in [0, 0.1) is 5.92 Å². The van der Waals surface area contributed by atoms with Crippen LogP contribution in [-0.2, 0) is 4.79 Å². The Hall–Kier alpha value is -3.00. The normalized spacial score (nSPS) is 21.2. The second-order valence-electron chi connectivity index (χ2n) is 7.44. The zero-order valence-corrected chi connectivity index (χ0v) is 16.7. The number of rotatable bonds is 4. The summed E-state index contributed by atoms with van der Waals surface area (Å²) in [5.74, 6) is 0.588. The maximum absolute atomic E-state index is 12.8. The van der Waals surface area contributed by atoms with E-state index < -0.39 is 0 Å². The molecule has 0 N–H and O–H groups in total. The molecule has 1 aromatic carbocycles. The smallest absolute Gasteiger partial charge is 0.276 e. The second-order valence-corrected chi connectivity index (χ2v) is 8.42. The van der Waals surface area contributed by atoms with E-state index in [1.807, 2.05) is 41.3 Å². The average molecular weight is 407 g/mol. The quantitative estimate of drug-likeness (QED) is 0.666. The monoisotopic (exact) mass is 407 g/mol. The second kappa shape index (κ2) is 7.44. The Kier molecular flexibility index (Phi) is 4.63. The van der Waals surface area contributed by atoms with Crippen molar-refractivity contribution in [3.8, 4) is 5.69 Å². The summed E-state index contributed by atoms with van der Waals surface area (Å²) in [6.45, 7) is 2.20. The summed E-state index contributed by atoms with van der Waals surface area (Å²) in [4.78, 5) is 32.0. The molecule has 8 heteroatoms. The summed E-state index contributed by atoms with van der Waals surface area (Å²) in [5.41, 5.74) is 1.14. The first-order chi connectivity index (χ1) is 14.2. The molecule has 3 aromatic rings. The minimum Gasteiger partial charge on any atom is -0.339 e. The molecule has 1 saturated heterocycles. The van der Waals surface area contributed by atoms with Crippen LogP contribution in [0.25, 0.3) is 5.69 Å². The Bertz CT molecular complexity index is 1010. The van der Waals surface area contributed by atoms with Crippen molar-refractivity contribution in [2.75, 3.05) is 26.2 Å². The van der Waals surface area contributed by atoms with Crippen molar-refractivity contribution in [3.05, 3.63) is 64.6 Å². The van der Waals surface area contributed by atoms with Crippen molar-refractivity contribution in [2.45, 2.75) is 12.3 Å². The molecular weight excluding hydrogens is 386 g/mol. The molecule has 1 aliphatic carbocycles. The van der Waals surface area contributed by atoms with Gasteiger partial charge >= 0.3 is 0 Å². The summed E-state index contributed by atoms with van der Waals surface area (Å²) in [7, 11) is 0. The molecule has 2 fully saturated rings. The van der Waals surface area contributed by atoms with Gasteiger partial charge in [0.2, 0.25) is 5.91 Å². The molecule has 2 atom stereocenters. The number of thiophene rings is 1. The maximum Gasteiger partial charge on any atom is 0.276 e. The molecule has 0 unspecified atom stereocenters. The minimum atomic E-state index is -0.137. The lowest BCUT2D eigenvalue weighted by atomic mass is 10.2. The van der Waals surface area contributed by atoms with Crippen LogP contribution in [-0.4, -0.2) is 62.8 Å². The number of carbonyl (C=O) groups excluding carboxylic acids is 2. The Labute approximate surface area is 172 Å². The first-order valence-corrected chi connectivity index (χ1v) is 10.7. The highest BCUT2D eigenvalue weighted by Gasteiger charge is 2.46. The van der Waals surface area contributed by atoms with Crippen LogP contribution in [0.15, 0.2) is 54.0 Å². The van der Waals surface area contributed by atoms with Gasteiger partial charge in [-0.1, -0.05) is 24.3 Å². The van der Waals surface area contributed by atoms with Crippen molar-refractivity contribution in [1.82, 2.24) is 24.8 Å². The lowest BCUT2D eigenvalue weighted by molar-refractivity contribution is -0.134. The van der Waals surface area contributed by atoms with Gasteiger partial charge in [0, 0.05) is 42.9 Å². The van der Waals surface area contributed by atoms with E-state index in [0.717, 1.165) is 12.1 Å². The van der Waals surface area contributed by atoms with Gasteiger partial charge in [-0.2, -0.15) is 9.90 Å². The van der Waals surface area contributed by atoms with Crippen LogP contribution in [0.5, 0.6) is 0 Å². The van der Waals surface area contributed by atoms with Gasteiger partial charge in [0.05, 0.1) is 11.9 Å². The fourth-order valence-corrected chi connectivity index (χ4v) is 4.76. The van der Waals surface area contributed by atoms with E-state index in [1.54, 1.807) is 16.2 Å². The third-order valence-electron chi connectivity index (χ3n) is 5.59. The van der Waals surface area contributed by atoms with E-state index in [2.05, 4.69) is 21.6 Å². The molecule has 2 aliphatic rings. The number of amides is 2. The van der Waals surface area contributed by atoms with Crippen LogP contribution in [0.4, 0.5) is 0 Å². The molecule has 3 heterocycles. The number of benzene rings is 1. The SMILES string of the molecule is O=C(c1cnn(-c2ccccc2)n1)N1CCN(C(=O)[C@@H]2C[C@H]2c2cccs2)CC1. The highest BCUT2D eigenvalue weighted by Crippen LogP contribution is 2.50. The molecule has 7 nitrogen and oxygen atoms in total. The Morgan fingerprint density at radius 1 is 0.966 bits per heavy atom. The van der Waals surface area contributed by atoms with Gasteiger partial charge in [0.15, 0.2) is 5.69 Å². The molecule has 148 valence electrons. The maximum atomic E-state index is 12.8. The Balaban J connectivity index is 1.17. The Morgan fingerprint density at radius 2 is 1.72 bits per heavy atom. The molecular formula is C21H21N5O2S. The highest BCUT2D eigenvalue weighted by molar-refractivity contribution is 7.10. The van der Waals surface area contributed by atoms with Gasteiger partial charge in [-0.3, -0.25) is 9.59 Å². The van der Waals surface area contributed by atoms with Crippen molar-refractivity contribution >= 4 is 23.2 Å². The van der Waals surface area contributed by atoms with E-state index in [4.69, 9.17) is 0 Å². The van der Waals surface area contributed by atoms with Crippen molar-refractivity contribution < 1.29 is 9.59 Å². The van der Waals surface area contributed by atoms with Crippen LogP contribution in [0.3, 0.4) is 0 Å². The number of carbonyl (C=O) groups is 2. The third-order valence-corrected chi connectivity index (χ3v) is 6.60. The molecule has 1 aliphatic heterocycles. The summed E-state index contributed by atoms with van der Waals surface area (Å²) in [6.07, 6.45) is 2.45. The summed E-state index contributed by atoms with van der Waals surface area (Å²) >= 11 is 1.73. The zero-order valence-electron chi connectivity index (χ0n) is 15.8. The minimum absolute atomic E-state index is 0.113. The van der Waals surface area contributed by atoms with Crippen molar-refractivity contribution in [2.24, 2.45) is 5.92 Å². The first kappa shape index (κ1) is 18.1. The first-order valence-electron chi connectivity index (χ1n) is 9.80. The number of hydrogen-bond donors (Lipinski definition) is 0. The summed E-state index contributed by atoms with van der Waals surface area (Å²) < 4.78 is 0. The third kappa shape index (κ3) is 3.55. The van der Waals surface area contributed by atoms with Gasteiger partial charge in [-0.15, -0.1) is 16.4 Å². The molecule has 2 aromatic heterocycles. The summed E-state index contributed by atoms with van der Waals surface area (Å²) in [5, 5.41) is 10.6. The molecule has 2 amide bonds. The molecule has 1 saturated carbocycles. The lowest BCUT2D eigenvalue weighted by Crippen LogP contribution is -2.51. The van der Waals surface area contributed by atoms with Crippen molar-refractivity contribution in [3.63, 3.8) is 0 Å². The van der Waals surface area contributed by atoms with Gasteiger partial charge in [-0.25, -0.2) is 0 Å². The zero-order chi connectivity index (χ0) is 19.8. The van der Waals surface area contributed by atoms with E-state index >= 15 is 0 Å². The number of piperazine rings is 1. The van der Waals surface area contributed by atoms with Gasteiger partial charge in [-0.05, 0) is 30.0 Å². The number of nitrogens with zero attached hydrogens (tertiary/aromatic N) is 5. The highest BCUT2D eigenvalue weighted by atomic mass is 32.1. The topological polar surface area (TPSA) is 71.3 Å². The molecule has 0 spiro atoms. The number of para-hydroxylation sites is 1. The molecule has 5 rings (SSSR count). The standard InChI is InChI=1S/C21H21N5O2S/c27-20(17-13-16(17)19-7-4-12-29-19)24-8-10-25(11-9-24)21(28)18-14-22-26(23-18)15-5-2-1-3-6-15/h1-7,12,14,16-17H,8-11,13H2/t16-,17-/m1/s1. The molecule has 0 bridgehead atoms. The van der Waals surface area contributed by atoms with E-state index in [1.165, 1.54) is 15.9 Å². The van der Waals surface area contributed by atoms with Gasteiger partial charge in [0.25, 0.3) is 5.91 Å². The molecule has 29 heavy (non-hydrogen) atoms. The van der Waals surface area contributed by atoms with Crippen molar-refractivity contribution in [1.29, 1.82) is 0 Å². The van der Waals surface area contributed by atoms with Crippen LogP contribution in [0.1, 0.15) is 27.7 Å². The largest absolute Gasteiger partial charge is 0.339 e. The van der Waals surface area contributed by atoms with E-state index in [9.17, 15) is 9.59 Å². The number of hydrogen-bond acceptors (Lipinski definition) is 5. The fraction of sp³-hybridized carbons (Fsp3) is 0.333. The molecule has 0 radical (unpaired) electrons. The lowest BCUT2D eigenvalue weighted by Gasteiger charge is -2.34. The van der Waals surface area contributed by atoms with Crippen LogP contribution >= 0.6 is 11.3 Å².